The van der Waals surface area contributed by atoms with Gasteiger partial charge in [-0.1, -0.05) is 84.9 Å². The minimum atomic E-state index is -2.10. The lowest BCUT2D eigenvalue weighted by atomic mass is 9.81. The first-order valence-corrected chi connectivity index (χ1v) is 11.9. The Kier molecular flexibility index (Phi) is 7.05. The van der Waals surface area contributed by atoms with Gasteiger partial charge in [0.25, 0.3) is 0 Å². The molecule has 0 unspecified atom stereocenters. The second-order valence-corrected chi connectivity index (χ2v) is 9.89. The van der Waals surface area contributed by atoms with Crippen molar-refractivity contribution in [3.63, 3.8) is 0 Å². The van der Waals surface area contributed by atoms with Gasteiger partial charge in [-0.2, -0.15) is 0 Å². The largest absolute Gasteiger partial charge is 0.458 e. The number of aliphatic hydroxyl groups is 1. The van der Waals surface area contributed by atoms with Crippen molar-refractivity contribution < 1.29 is 19.4 Å². The maximum absolute atomic E-state index is 13.7. The highest BCUT2D eigenvalue weighted by molar-refractivity contribution is 5.85. The van der Waals surface area contributed by atoms with Crippen molar-refractivity contribution in [1.82, 2.24) is 10.6 Å². The zero-order valence-corrected chi connectivity index (χ0v) is 20.3. The molecule has 0 saturated carbocycles. The number of amides is 1. The predicted octanol–water partition coefficient (Wildman–Crippen LogP) is 3.79. The molecule has 6 nitrogen and oxygen atoms in total. The Bertz CT molecular complexity index is 1170. The van der Waals surface area contributed by atoms with Crippen LogP contribution in [0.25, 0.3) is 0 Å². The van der Waals surface area contributed by atoms with Gasteiger partial charge in [-0.25, -0.2) is 4.79 Å². The fraction of sp³-hybridized carbons (Fsp3) is 0.310. The molecular weight excluding hydrogens is 440 g/mol. The average Bonchev–Trinajstić information content (AvgIpc) is 3.00. The quantitative estimate of drug-likeness (QED) is 0.475. The smallest absolute Gasteiger partial charge is 0.345 e. The fourth-order valence-corrected chi connectivity index (χ4v) is 4.44. The van der Waals surface area contributed by atoms with Crippen molar-refractivity contribution in [2.75, 3.05) is 0 Å². The van der Waals surface area contributed by atoms with Gasteiger partial charge in [-0.05, 0) is 49.4 Å². The minimum absolute atomic E-state index is 0.193. The van der Waals surface area contributed by atoms with Gasteiger partial charge in [-0.15, -0.1) is 0 Å². The van der Waals surface area contributed by atoms with Crippen LogP contribution in [0.4, 0.5) is 0 Å². The number of carbonyl (C=O) groups is 2. The number of hydrogen-bond donors (Lipinski definition) is 3. The number of fused-ring (bicyclic) bond motifs is 1. The Hall–Kier alpha value is -3.48. The number of nitrogens with one attached hydrogen (secondary N) is 2. The molecule has 1 aliphatic rings. The van der Waals surface area contributed by atoms with Crippen molar-refractivity contribution in [2.24, 2.45) is 0 Å². The number of carbonyl (C=O) groups excluding carboxylic acids is 2. The molecule has 1 heterocycles. The third kappa shape index (κ3) is 5.45. The van der Waals surface area contributed by atoms with Crippen molar-refractivity contribution in [3.8, 4) is 0 Å². The lowest BCUT2D eigenvalue weighted by molar-refractivity contribution is -0.183. The first-order chi connectivity index (χ1) is 16.7. The van der Waals surface area contributed by atoms with Crippen LogP contribution in [0.3, 0.4) is 0 Å². The molecular formula is C29H32N2O4. The van der Waals surface area contributed by atoms with Gasteiger partial charge in [0.1, 0.15) is 5.60 Å². The van der Waals surface area contributed by atoms with E-state index < -0.39 is 29.3 Å². The first-order valence-electron chi connectivity index (χ1n) is 11.9. The van der Waals surface area contributed by atoms with Gasteiger partial charge in [0.15, 0.2) is 0 Å². The molecule has 3 aromatic carbocycles. The maximum atomic E-state index is 13.7. The van der Waals surface area contributed by atoms with Gasteiger partial charge in [0.2, 0.25) is 11.5 Å². The van der Waals surface area contributed by atoms with Crippen LogP contribution in [0.15, 0.2) is 84.9 Å². The molecule has 0 radical (unpaired) electrons. The second-order valence-electron chi connectivity index (χ2n) is 9.89. The average molecular weight is 473 g/mol. The summed E-state index contributed by atoms with van der Waals surface area (Å²) < 4.78 is 5.73. The van der Waals surface area contributed by atoms with Crippen LogP contribution in [0.2, 0.25) is 0 Å². The molecule has 0 bridgehead atoms. The summed E-state index contributed by atoms with van der Waals surface area (Å²) in [6, 6.07) is 24.2. The van der Waals surface area contributed by atoms with E-state index in [-0.39, 0.29) is 5.91 Å². The van der Waals surface area contributed by atoms with E-state index in [2.05, 4.69) is 10.6 Å². The van der Waals surface area contributed by atoms with Crippen molar-refractivity contribution >= 4 is 11.9 Å². The van der Waals surface area contributed by atoms with E-state index in [4.69, 9.17) is 4.74 Å². The highest BCUT2D eigenvalue weighted by Gasteiger charge is 2.50. The van der Waals surface area contributed by atoms with Gasteiger partial charge in [0.05, 0.1) is 12.1 Å². The Morgan fingerprint density at radius 2 is 1.51 bits per heavy atom. The molecule has 182 valence electrons. The topological polar surface area (TPSA) is 87.7 Å². The van der Waals surface area contributed by atoms with Gasteiger partial charge < -0.3 is 15.2 Å². The molecule has 3 aromatic rings. The monoisotopic (exact) mass is 472 g/mol. The molecule has 1 aliphatic heterocycles. The van der Waals surface area contributed by atoms with Crippen LogP contribution in [0.1, 0.15) is 49.1 Å². The Morgan fingerprint density at radius 3 is 2.14 bits per heavy atom. The summed E-state index contributed by atoms with van der Waals surface area (Å²) in [5, 5.41) is 18.6. The van der Waals surface area contributed by atoms with Crippen molar-refractivity contribution in [1.29, 1.82) is 0 Å². The molecule has 35 heavy (non-hydrogen) atoms. The van der Waals surface area contributed by atoms with E-state index in [1.165, 1.54) is 0 Å². The summed E-state index contributed by atoms with van der Waals surface area (Å²) >= 11 is 0. The third-order valence-corrected chi connectivity index (χ3v) is 6.15. The maximum Gasteiger partial charge on any atom is 0.345 e. The summed E-state index contributed by atoms with van der Waals surface area (Å²) in [7, 11) is 0. The van der Waals surface area contributed by atoms with E-state index in [1.807, 2.05) is 60.7 Å². The van der Waals surface area contributed by atoms with Crippen molar-refractivity contribution in [3.05, 3.63) is 107 Å². The van der Waals surface area contributed by atoms with E-state index >= 15 is 0 Å². The number of ether oxygens (including phenoxy) is 1. The molecule has 0 spiro atoms. The predicted molar refractivity (Wildman–Crippen MR) is 134 cm³/mol. The number of rotatable bonds is 6. The number of hydrogen-bond acceptors (Lipinski definition) is 5. The number of esters is 1. The van der Waals surface area contributed by atoms with E-state index in [9.17, 15) is 14.7 Å². The van der Waals surface area contributed by atoms with Crippen LogP contribution in [-0.2, 0) is 32.9 Å². The fourth-order valence-electron chi connectivity index (χ4n) is 4.44. The lowest BCUT2D eigenvalue weighted by Crippen LogP contribution is -2.55. The normalized spacial score (nSPS) is 18.4. The molecule has 3 N–H and O–H groups in total. The number of benzene rings is 3. The highest BCUT2D eigenvalue weighted by atomic mass is 16.6. The molecule has 6 heteroatoms. The van der Waals surface area contributed by atoms with E-state index in [0.29, 0.717) is 24.1 Å². The Balaban J connectivity index is 1.81. The SMILES string of the molecule is CC(C)(C)OC(=O)[C@@](O)(c1ccccc1)[C@H](N[C@@H]1Cc2ccccc2CNC1=O)c1ccccc1. The molecule has 4 rings (SSSR count). The molecule has 0 saturated heterocycles. The zero-order chi connectivity index (χ0) is 25.1. The summed E-state index contributed by atoms with van der Waals surface area (Å²) in [5.41, 5.74) is 0.212. The van der Waals surface area contributed by atoms with Gasteiger partial charge in [0, 0.05) is 6.54 Å². The van der Waals surface area contributed by atoms with Crippen LogP contribution >= 0.6 is 0 Å². The zero-order valence-electron chi connectivity index (χ0n) is 20.3. The Labute approximate surface area is 206 Å². The second kappa shape index (κ2) is 10.0. The Morgan fingerprint density at radius 1 is 0.943 bits per heavy atom. The van der Waals surface area contributed by atoms with Gasteiger partial charge >= 0.3 is 5.97 Å². The van der Waals surface area contributed by atoms with E-state index in [1.54, 1.807) is 45.0 Å². The standard InChI is InChI=1S/C29H32N2O4/c1-28(2,3)35-27(33)29(34,23-16-8-5-9-17-23)25(20-12-6-4-7-13-20)31-24-18-21-14-10-11-15-22(21)19-30-26(24)32/h4-17,24-25,31,34H,18-19H2,1-3H3,(H,30,32)/t24-,25-,29-/m1/s1. The molecule has 3 atom stereocenters. The first kappa shape index (κ1) is 24.6. The summed E-state index contributed by atoms with van der Waals surface area (Å²) in [5.74, 6) is -0.978. The van der Waals surface area contributed by atoms with Gasteiger partial charge in [-0.3, -0.25) is 10.1 Å². The summed E-state index contributed by atoms with van der Waals surface area (Å²) in [6.07, 6.45) is 0.421. The molecule has 0 fully saturated rings. The summed E-state index contributed by atoms with van der Waals surface area (Å²) in [4.78, 5) is 26.8. The molecule has 0 aliphatic carbocycles. The molecule has 0 aromatic heterocycles. The van der Waals surface area contributed by atoms with Crippen LogP contribution in [0, 0.1) is 0 Å². The summed E-state index contributed by atoms with van der Waals surface area (Å²) in [6.45, 7) is 5.71. The third-order valence-electron chi connectivity index (χ3n) is 6.15. The van der Waals surface area contributed by atoms with Crippen LogP contribution < -0.4 is 10.6 Å². The molecule has 1 amide bonds. The lowest BCUT2D eigenvalue weighted by Gasteiger charge is -2.39. The van der Waals surface area contributed by atoms with Crippen LogP contribution in [0.5, 0.6) is 0 Å². The van der Waals surface area contributed by atoms with E-state index in [0.717, 1.165) is 11.1 Å². The van der Waals surface area contributed by atoms with Crippen molar-refractivity contribution in [2.45, 2.75) is 57.0 Å². The van der Waals surface area contributed by atoms with Crippen LogP contribution in [-0.4, -0.2) is 28.6 Å². The highest BCUT2D eigenvalue weighted by Crippen LogP contribution is 2.38. The minimum Gasteiger partial charge on any atom is -0.458 e.